The molecule has 0 saturated carbocycles. The minimum Gasteiger partial charge on any atom is -0.477 e. The van der Waals surface area contributed by atoms with Crippen molar-refractivity contribution in [1.82, 2.24) is 4.98 Å². The SMILES string of the molecule is O=[N+]([O-])c1cc(Cl)nc(OCCc2cccs2)c1. The van der Waals surface area contributed by atoms with E-state index in [-0.39, 0.29) is 16.7 Å². The third-order valence-electron chi connectivity index (χ3n) is 2.14. The maximum Gasteiger partial charge on any atom is 0.277 e. The van der Waals surface area contributed by atoms with Crippen molar-refractivity contribution in [2.24, 2.45) is 0 Å². The van der Waals surface area contributed by atoms with Gasteiger partial charge >= 0.3 is 0 Å². The fraction of sp³-hybridized carbons (Fsp3) is 0.182. The highest BCUT2D eigenvalue weighted by Gasteiger charge is 2.11. The molecule has 2 heterocycles. The molecule has 7 heteroatoms. The lowest BCUT2D eigenvalue weighted by atomic mass is 10.3. The topological polar surface area (TPSA) is 65.3 Å². The number of hydrogen-bond donors (Lipinski definition) is 0. The lowest BCUT2D eigenvalue weighted by Crippen LogP contribution is -2.02. The first-order valence-corrected chi connectivity index (χ1v) is 6.38. The van der Waals surface area contributed by atoms with Crippen LogP contribution in [-0.4, -0.2) is 16.5 Å². The molecule has 0 aliphatic rings. The molecule has 0 fully saturated rings. The van der Waals surface area contributed by atoms with Gasteiger partial charge in [0.2, 0.25) is 5.88 Å². The van der Waals surface area contributed by atoms with Gasteiger partial charge in [0.25, 0.3) is 5.69 Å². The molecule has 0 amide bonds. The van der Waals surface area contributed by atoms with Crippen molar-refractivity contribution in [2.45, 2.75) is 6.42 Å². The molecule has 0 atom stereocenters. The summed E-state index contributed by atoms with van der Waals surface area (Å²) in [5.74, 6) is 0.172. The third-order valence-corrected chi connectivity index (χ3v) is 3.27. The second kappa shape index (κ2) is 5.79. The average molecular weight is 285 g/mol. The van der Waals surface area contributed by atoms with Crippen molar-refractivity contribution in [1.29, 1.82) is 0 Å². The highest BCUT2D eigenvalue weighted by Crippen LogP contribution is 2.22. The minimum atomic E-state index is -0.528. The summed E-state index contributed by atoms with van der Waals surface area (Å²) in [5.41, 5.74) is -0.124. The van der Waals surface area contributed by atoms with E-state index in [1.165, 1.54) is 17.0 Å². The molecule has 0 N–H and O–H groups in total. The molecule has 94 valence electrons. The highest BCUT2D eigenvalue weighted by atomic mass is 35.5. The van der Waals surface area contributed by atoms with Gasteiger partial charge in [0, 0.05) is 11.3 Å². The summed E-state index contributed by atoms with van der Waals surface area (Å²) in [7, 11) is 0. The Morgan fingerprint density at radius 1 is 1.50 bits per heavy atom. The Bertz CT molecular complexity index is 545. The number of nitrogens with zero attached hydrogens (tertiary/aromatic N) is 2. The maximum absolute atomic E-state index is 10.6. The Hall–Kier alpha value is -1.66. The van der Waals surface area contributed by atoms with Crippen LogP contribution >= 0.6 is 22.9 Å². The molecule has 2 aromatic heterocycles. The second-order valence-corrected chi connectivity index (χ2v) is 4.84. The zero-order valence-electron chi connectivity index (χ0n) is 9.21. The van der Waals surface area contributed by atoms with Crippen LogP contribution in [-0.2, 0) is 6.42 Å². The zero-order valence-corrected chi connectivity index (χ0v) is 10.8. The van der Waals surface area contributed by atoms with Gasteiger partial charge < -0.3 is 4.74 Å². The number of halogens is 1. The van der Waals surface area contributed by atoms with Crippen molar-refractivity contribution in [3.8, 4) is 5.88 Å². The lowest BCUT2D eigenvalue weighted by molar-refractivity contribution is -0.385. The summed E-state index contributed by atoms with van der Waals surface area (Å²) in [6.07, 6.45) is 0.736. The van der Waals surface area contributed by atoms with Crippen molar-refractivity contribution in [3.05, 3.63) is 49.8 Å². The van der Waals surface area contributed by atoms with Crippen LogP contribution < -0.4 is 4.74 Å². The van der Waals surface area contributed by atoms with Crippen LogP contribution in [0.3, 0.4) is 0 Å². The van der Waals surface area contributed by atoms with Gasteiger partial charge in [-0.2, -0.15) is 0 Å². The fourth-order valence-electron chi connectivity index (χ4n) is 1.35. The predicted molar refractivity (Wildman–Crippen MR) is 69.4 cm³/mol. The maximum atomic E-state index is 10.6. The van der Waals surface area contributed by atoms with E-state index in [4.69, 9.17) is 16.3 Å². The second-order valence-electron chi connectivity index (χ2n) is 3.42. The molecule has 2 rings (SSSR count). The van der Waals surface area contributed by atoms with E-state index in [0.717, 1.165) is 6.42 Å². The third kappa shape index (κ3) is 3.41. The summed E-state index contributed by atoms with van der Waals surface area (Å²) < 4.78 is 5.36. The standard InChI is InChI=1S/C11H9ClN2O3S/c12-10-6-8(14(15)16)7-11(13-10)17-4-3-9-2-1-5-18-9/h1-2,5-7H,3-4H2. The van der Waals surface area contributed by atoms with Crippen LogP contribution in [0, 0.1) is 10.1 Å². The van der Waals surface area contributed by atoms with Gasteiger partial charge in [-0.1, -0.05) is 17.7 Å². The van der Waals surface area contributed by atoms with Gasteiger partial charge in [-0.15, -0.1) is 11.3 Å². The molecule has 0 unspecified atom stereocenters. The van der Waals surface area contributed by atoms with Crippen molar-refractivity contribution in [2.75, 3.05) is 6.61 Å². The van der Waals surface area contributed by atoms with E-state index in [2.05, 4.69) is 4.98 Å². The van der Waals surface area contributed by atoms with Crippen LogP contribution in [0.1, 0.15) is 4.88 Å². The number of thiophene rings is 1. The molecule has 0 bridgehead atoms. The summed E-state index contributed by atoms with van der Waals surface area (Å²) in [6, 6.07) is 6.42. The smallest absolute Gasteiger partial charge is 0.277 e. The first-order chi connectivity index (χ1) is 8.65. The average Bonchev–Trinajstić information content (AvgIpc) is 2.81. The van der Waals surface area contributed by atoms with Crippen LogP contribution in [0.15, 0.2) is 29.6 Å². The van der Waals surface area contributed by atoms with Gasteiger partial charge in [-0.3, -0.25) is 10.1 Å². The van der Waals surface area contributed by atoms with E-state index < -0.39 is 4.92 Å². The van der Waals surface area contributed by atoms with Crippen LogP contribution in [0.5, 0.6) is 5.88 Å². The molecule has 5 nitrogen and oxygen atoms in total. The molecular weight excluding hydrogens is 276 g/mol. The summed E-state index contributed by atoms with van der Waals surface area (Å²) >= 11 is 7.31. The monoisotopic (exact) mass is 284 g/mol. The number of aromatic nitrogens is 1. The fourth-order valence-corrected chi connectivity index (χ4v) is 2.24. The summed E-state index contributed by atoms with van der Waals surface area (Å²) in [6.45, 7) is 0.408. The number of ether oxygens (including phenoxy) is 1. The lowest BCUT2D eigenvalue weighted by Gasteiger charge is -2.04. The van der Waals surface area contributed by atoms with Gasteiger partial charge in [0.05, 0.1) is 23.7 Å². The zero-order chi connectivity index (χ0) is 13.0. The van der Waals surface area contributed by atoms with Gasteiger partial charge in [-0.25, -0.2) is 4.98 Å². The molecular formula is C11H9ClN2O3S. The highest BCUT2D eigenvalue weighted by molar-refractivity contribution is 7.09. The van der Waals surface area contributed by atoms with Crippen molar-refractivity contribution < 1.29 is 9.66 Å². The minimum absolute atomic E-state index is 0.0512. The summed E-state index contributed by atoms with van der Waals surface area (Å²) in [5, 5.41) is 12.7. The first-order valence-electron chi connectivity index (χ1n) is 5.12. The van der Waals surface area contributed by atoms with E-state index in [9.17, 15) is 10.1 Å². The molecule has 0 aliphatic heterocycles. The normalized spacial score (nSPS) is 10.3. The van der Waals surface area contributed by atoms with Crippen molar-refractivity contribution in [3.63, 3.8) is 0 Å². The quantitative estimate of drug-likeness (QED) is 0.480. The van der Waals surface area contributed by atoms with Crippen molar-refractivity contribution >= 4 is 28.6 Å². The number of hydrogen-bond acceptors (Lipinski definition) is 5. The largest absolute Gasteiger partial charge is 0.477 e. The Labute approximate surface area is 112 Å². The molecule has 18 heavy (non-hydrogen) atoms. The molecule has 0 aromatic carbocycles. The molecule has 2 aromatic rings. The Morgan fingerprint density at radius 2 is 2.33 bits per heavy atom. The number of pyridine rings is 1. The van der Waals surface area contributed by atoms with E-state index >= 15 is 0 Å². The van der Waals surface area contributed by atoms with Gasteiger partial charge in [-0.05, 0) is 11.4 Å². The number of rotatable bonds is 5. The summed E-state index contributed by atoms with van der Waals surface area (Å²) in [4.78, 5) is 15.2. The predicted octanol–water partition coefficient (Wildman–Crippen LogP) is 3.33. The van der Waals surface area contributed by atoms with Gasteiger partial charge in [0.15, 0.2) is 0 Å². The Morgan fingerprint density at radius 3 is 3.00 bits per heavy atom. The first kappa shape index (κ1) is 12.8. The Balaban J connectivity index is 1.98. The molecule has 0 spiro atoms. The van der Waals surface area contributed by atoms with Crippen LogP contribution in [0.2, 0.25) is 5.15 Å². The van der Waals surface area contributed by atoms with E-state index in [1.807, 2.05) is 17.5 Å². The molecule has 0 aliphatic carbocycles. The van der Waals surface area contributed by atoms with E-state index in [0.29, 0.717) is 6.61 Å². The molecule has 0 saturated heterocycles. The van der Waals surface area contributed by atoms with Crippen LogP contribution in [0.25, 0.3) is 0 Å². The van der Waals surface area contributed by atoms with Crippen LogP contribution in [0.4, 0.5) is 5.69 Å². The Kier molecular flexibility index (Phi) is 4.11. The molecule has 0 radical (unpaired) electrons. The number of nitro groups is 1. The van der Waals surface area contributed by atoms with E-state index in [1.54, 1.807) is 11.3 Å². The van der Waals surface area contributed by atoms with Gasteiger partial charge in [0.1, 0.15) is 5.15 Å².